The van der Waals surface area contributed by atoms with Crippen molar-refractivity contribution in [2.24, 2.45) is 0 Å². The zero-order valence-electron chi connectivity index (χ0n) is 10.7. The summed E-state index contributed by atoms with van der Waals surface area (Å²) in [7, 11) is 0. The van der Waals surface area contributed by atoms with Crippen LogP contribution in [-0.4, -0.2) is 16.8 Å². The smallest absolute Gasteiger partial charge is 0.293 e. The molecule has 1 aliphatic carbocycles. The fraction of sp³-hybridized carbons (Fsp3) is 0.500. The van der Waals surface area contributed by atoms with Gasteiger partial charge in [-0.15, -0.1) is 0 Å². The third kappa shape index (κ3) is 3.75. The minimum Gasteiger partial charge on any atom is -0.293 e. The van der Waals surface area contributed by atoms with Gasteiger partial charge in [0.15, 0.2) is 5.78 Å². The van der Waals surface area contributed by atoms with Crippen LogP contribution in [0.5, 0.6) is 0 Å². The van der Waals surface area contributed by atoms with E-state index in [9.17, 15) is 22.4 Å². The van der Waals surface area contributed by atoms with E-state index in [-0.39, 0.29) is 17.1 Å². The molecule has 6 heteroatoms. The van der Waals surface area contributed by atoms with E-state index >= 15 is 0 Å². The second kappa shape index (κ2) is 6.16. The molecule has 0 heterocycles. The van der Waals surface area contributed by atoms with Gasteiger partial charge < -0.3 is 0 Å². The van der Waals surface area contributed by atoms with Crippen LogP contribution >= 0.6 is 11.8 Å². The Kier molecular flexibility index (Phi) is 4.73. The number of ketones is 1. The van der Waals surface area contributed by atoms with Crippen LogP contribution in [0.15, 0.2) is 18.2 Å². The number of hydrogen-bond donors (Lipinski definition) is 0. The van der Waals surface area contributed by atoms with Crippen molar-refractivity contribution in [1.82, 2.24) is 0 Å². The van der Waals surface area contributed by atoms with Gasteiger partial charge in [-0.2, -0.15) is 24.9 Å². The molecule has 1 aliphatic rings. The molecule has 1 aromatic rings. The highest BCUT2D eigenvalue weighted by Gasteiger charge is 2.34. The van der Waals surface area contributed by atoms with E-state index in [0.29, 0.717) is 17.4 Å². The Hall–Kier alpha value is -1.04. The maximum atomic E-state index is 13.1. The van der Waals surface area contributed by atoms with Crippen molar-refractivity contribution in [3.8, 4) is 0 Å². The Bertz CT molecular complexity index is 492. The van der Waals surface area contributed by atoms with E-state index in [1.54, 1.807) is 0 Å². The minimum absolute atomic E-state index is 0.0794. The summed E-state index contributed by atoms with van der Waals surface area (Å²) in [5.41, 5.74) is -1.46. The number of carbonyl (C=O) groups is 1. The van der Waals surface area contributed by atoms with Crippen molar-refractivity contribution < 1.29 is 22.4 Å². The SMILES string of the molecule is O=C(CSC1CCCC1)c1ccc(F)c(C(F)(F)F)c1. The van der Waals surface area contributed by atoms with Crippen LogP contribution in [0.2, 0.25) is 0 Å². The van der Waals surface area contributed by atoms with Crippen LogP contribution in [0.4, 0.5) is 17.6 Å². The van der Waals surface area contributed by atoms with Crippen LogP contribution in [-0.2, 0) is 6.18 Å². The van der Waals surface area contributed by atoms with Crippen molar-refractivity contribution in [2.45, 2.75) is 37.1 Å². The molecular weight excluding hydrogens is 292 g/mol. The average molecular weight is 306 g/mol. The molecule has 0 unspecified atom stereocenters. The van der Waals surface area contributed by atoms with Crippen molar-refractivity contribution in [2.75, 3.05) is 5.75 Å². The zero-order valence-corrected chi connectivity index (χ0v) is 11.5. The standard InChI is InChI=1S/C14H14F4OS/c15-12-6-5-9(7-11(12)14(16,17)18)13(19)8-20-10-3-1-2-4-10/h5-7,10H,1-4,8H2. The molecule has 0 atom stereocenters. The van der Waals surface area contributed by atoms with Gasteiger partial charge in [0.2, 0.25) is 0 Å². The highest BCUT2D eigenvalue weighted by atomic mass is 32.2. The molecule has 0 N–H and O–H groups in total. The molecule has 1 fully saturated rings. The van der Waals surface area contributed by atoms with E-state index in [1.807, 2.05) is 0 Å². The largest absolute Gasteiger partial charge is 0.419 e. The number of benzene rings is 1. The molecule has 0 bridgehead atoms. The van der Waals surface area contributed by atoms with E-state index in [4.69, 9.17) is 0 Å². The van der Waals surface area contributed by atoms with E-state index in [2.05, 4.69) is 0 Å². The Morgan fingerprint density at radius 2 is 1.90 bits per heavy atom. The molecule has 0 radical (unpaired) electrons. The Balaban J connectivity index is 2.06. The van der Waals surface area contributed by atoms with Gasteiger partial charge in [0.1, 0.15) is 5.82 Å². The monoisotopic (exact) mass is 306 g/mol. The van der Waals surface area contributed by atoms with Crippen molar-refractivity contribution >= 4 is 17.5 Å². The maximum Gasteiger partial charge on any atom is 0.419 e. The summed E-state index contributed by atoms with van der Waals surface area (Å²) in [4.78, 5) is 11.9. The van der Waals surface area contributed by atoms with E-state index in [1.165, 1.54) is 11.8 Å². The third-order valence-electron chi connectivity index (χ3n) is 3.35. The summed E-state index contributed by atoms with van der Waals surface area (Å²) in [5.74, 6) is -1.59. The number of halogens is 4. The molecule has 0 aromatic heterocycles. The molecule has 0 aliphatic heterocycles. The fourth-order valence-electron chi connectivity index (χ4n) is 2.25. The number of rotatable bonds is 4. The predicted molar refractivity (Wildman–Crippen MR) is 70.4 cm³/mol. The second-order valence-electron chi connectivity index (χ2n) is 4.83. The van der Waals surface area contributed by atoms with Crippen LogP contribution in [0, 0.1) is 5.82 Å². The summed E-state index contributed by atoms with van der Waals surface area (Å²) in [6.07, 6.45) is -0.398. The average Bonchev–Trinajstić information content (AvgIpc) is 2.88. The lowest BCUT2D eigenvalue weighted by Gasteiger charge is -2.11. The number of Topliss-reactive ketones (excluding diaryl/α,β-unsaturated/α-hetero) is 1. The summed E-state index contributed by atoms with van der Waals surface area (Å²) in [5, 5.41) is 0.418. The number of thioether (sulfide) groups is 1. The highest BCUT2D eigenvalue weighted by Crippen LogP contribution is 2.33. The van der Waals surface area contributed by atoms with E-state index < -0.39 is 17.6 Å². The molecular formula is C14H14F4OS. The summed E-state index contributed by atoms with van der Waals surface area (Å²) >= 11 is 1.48. The quantitative estimate of drug-likeness (QED) is 0.592. The van der Waals surface area contributed by atoms with Gasteiger partial charge in [0.05, 0.1) is 11.3 Å². The molecule has 1 saturated carbocycles. The molecule has 1 aromatic carbocycles. The lowest BCUT2D eigenvalue weighted by molar-refractivity contribution is -0.140. The first-order chi connectivity index (χ1) is 9.38. The van der Waals surface area contributed by atoms with Crippen LogP contribution in [0.25, 0.3) is 0 Å². The Morgan fingerprint density at radius 1 is 1.25 bits per heavy atom. The van der Waals surface area contributed by atoms with Gasteiger partial charge in [-0.25, -0.2) is 4.39 Å². The first-order valence-corrected chi connectivity index (χ1v) is 7.44. The molecule has 0 saturated heterocycles. The Morgan fingerprint density at radius 3 is 2.50 bits per heavy atom. The normalized spacial score (nSPS) is 16.6. The van der Waals surface area contributed by atoms with Gasteiger partial charge in [-0.3, -0.25) is 4.79 Å². The molecule has 20 heavy (non-hydrogen) atoms. The van der Waals surface area contributed by atoms with Gasteiger partial charge in [0.25, 0.3) is 0 Å². The first kappa shape index (κ1) is 15.4. The number of carbonyl (C=O) groups excluding carboxylic acids is 1. The van der Waals surface area contributed by atoms with Crippen molar-refractivity contribution in [3.63, 3.8) is 0 Å². The van der Waals surface area contributed by atoms with Crippen molar-refractivity contribution in [3.05, 3.63) is 35.1 Å². The van der Waals surface area contributed by atoms with Gasteiger partial charge in [-0.1, -0.05) is 12.8 Å². The molecule has 2 rings (SSSR count). The maximum absolute atomic E-state index is 13.1. The van der Waals surface area contributed by atoms with Crippen molar-refractivity contribution in [1.29, 1.82) is 0 Å². The fourth-order valence-corrected chi connectivity index (χ4v) is 3.47. The number of alkyl halides is 3. The minimum atomic E-state index is -4.78. The van der Waals surface area contributed by atoms with Crippen LogP contribution in [0.1, 0.15) is 41.6 Å². The Labute approximate surface area is 118 Å². The van der Waals surface area contributed by atoms with E-state index in [0.717, 1.165) is 31.7 Å². The highest BCUT2D eigenvalue weighted by molar-refractivity contribution is 8.00. The van der Waals surface area contributed by atoms with Crippen LogP contribution < -0.4 is 0 Å². The van der Waals surface area contributed by atoms with Gasteiger partial charge in [0, 0.05) is 10.8 Å². The van der Waals surface area contributed by atoms with Gasteiger partial charge >= 0.3 is 6.18 Å². The lowest BCUT2D eigenvalue weighted by atomic mass is 10.1. The predicted octanol–water partition coefficient (Wildman–Crippen LogP) is 4.70. The zero-order chi connectivity index (χ0) is 14.8. The first-order valence-electron chi connectivity index (χ1n) is 6.39. The van der Waals surface area contributed by atoms with Gasteiger partial charge in [-0.05, 0) is 31.0 Å². The molecule has 0 spiro atoms. The topological polar surface area (TPSA) is 17.1 Å². The number of hydrogen-bond acceptors (Lipinski definition) is 2. The summed E-state index contributed by atoms with van der Waals surface area (Å²) in [6.45, 7) is 0. The third-order valence-corrected chi connectivity index (χ3v) is 4.72. The van der Waals surface area contributed by atoms with Crippen LogP contribution in [0.3, 0.4) is 0 Å². The summed E-state index contributed by atoms with van der Waals surface area (Å²) < 4.78 is 50.8. The molecule has 0 amide bonds. The summed E-state index contributed by atoms with van der Waals surface area (Å²) in [6, 6.07) is 2.42. The second-order valence-corrected chi connectivity index (χ2v) is 6.12. The molecule has 1 nitrogen and oxygen atoms in total. The lowest BCUT2D eigenvalue weighted by Crippen LogP contribution is -2.12. The molecule has 110 valence electrons.